The van der Waals surface area contributed by atoms with Crippen LogP contribution in [0.15, 0.2) is 0 Å². The third kappa shape index (κ3) is 7.07. The van der Waals surface area contributed by atoms with Crippen LogP contribution in [-0.2, 0) is 0 Å². The monoisotopic (exact) mass is 252 g/mol. The van der Waals surface area contributed by atoms with Crippen molar-refractivity contribution in [3.05, 3.63) is 0 Å². The fourth-order valence-corrected chi connectivity index (χ4v) is 1.97. The minimum Gasteiger partial charge on any atom is -0.380 e. The Kier molecular flexibility index (Phi) is 10.2. The fraction of sp³-hybridized carbons (Fsp3) is 0.882. The second-order valence-electron chi connectivity index (χ2n) is 5.60. The third-order valence-electron chi connectivity index (χ3n) is 4.17. The van der Waals surface area contributed by atoms with Crippen molar-refractivity contribution in [2.75, 3.05) is 0 Å². The Balaban J connectivity index is 3.76. The Morgan fingerprint density at radius 3 is 2.06 bits per heavy atom. The van der Waals surface area contributed by atoms with Crippen molar-refractivity contribution in [1.29, 1.82) is 0 Å². The van der Waals surface area contributed by atoms with Gasteiger partial charge in [0.2, 0.25) is 0 Å². The van der Waals surface area contributed by atoms with E-state index >= 15 is 0 Å². The van der Waals surface area contributed by atoms with E-state index in [4.69, 9.17) is 0 Å². The van der Waals surface area contributed by atoms with Crippen molar-refractivity contribution in [3.63, 3.8) is 0 Å². The van der Waals surface area contributed by atoms with Crippen LogP contribution in [0, 0.1) is 17.3 Å². The maximum Gasteiger partial charge on any atom is 0.120 e. The summed E-state index contributed by atoms with van der Waals surface area (Å²) in [7, 11) is 0. The molecule has 0 aromatic carbocycles. The summed E-state index contributed by atoms with van der Waals surface area (Å²) < 4.78 is 0. The van der Waals surface area contributed by atoms with Gasteiger partial charge < -0.3 is 5.11 Å². The lowest BCUT2D eigenvalue weighted by Gasteiger charge is -2.28. The average molecular weight is 252 g/mol. The molecule has 0 rings (SSSR count). The summed E-state index contributed by atoms with van der Waals surface area (Å²) in [6.07, 6.45) is 10.2. The summed E-state index contributed by atoms with van der Waals surface area (Å²) in [6.45, 7) is 8.62. The first-order valence-corrected chi connectivity index (χ1v) is 7.77. The number of rotatable bonds is 9. The Morgan fingerprint density at radius 1 is 0.944 bits per heavy atom. The van der Waals surface area contributed by atoms with Gasteiger partial charge in [-0.25, -0.2) is 0 Å². The van der Waals surface area contributed by atoms with Crippen LogP contribution in [0.5, 0.6) is 0 Å². The lowest BCUT2D eigenvalue weighted by atomic mass is 9.79. The van der Waals surface area contributed by atoms with Gasteiger partial charge in [0.05, 0.1) is 0 Å². The van der Waals surface area contributed by atoms with Gasteiger partial charge in [-0.15, -0.1) is 5.92 Å². The average Bonchev–Trinajstić information content (AvgIpc) is 2.40. The second-order valence-corrected chi connectivity index (χ2v) is 5.60. The number of unbranched alkanes of at least 4 members (excludes halogenated alkanes) is 6. The molecule has 0 aliphatic heterocycles. The van der Waals surface area contributed by atoms with E-state index in [0.29, 0.717) is 0 Å². The van der Waals surface area contributed by atoms with E-state index in [0.717, 1.165) is 19.3 Å². The number of hydrogen-bond acceptors (Lipinski definition) is 1. The second kappa shape index (κ2) is 10.4. The highest BCUT2D eigenvalue weighted by atomic mass is 16.3. The van der Waals surface area contributed by atoms with Crippen LogP contribution in [0.3, 0.4) is 0 Å². The molecule has 0 aliphatic rings. The molecule has 0 aromatic heterocycles. The van der Waals surface area contributed by atoms with E-state index in [1.807, 2.05) is 0 Å². The van der Waals surface area contributed by atoms with Crippen LogP contribution >= 0.6 is 0 Å². The van der Waals surface area contributed by atoms with E-state index in [1.54, 1.807) is 0 Å². The zero-order valence-electron chi connectivity index (χ0n) is 12.9. The standard InChI is InChI=1S/C17H32O/c1-5-8-9-10-11-12-13-14-15-16(18)17(4,6-2)7-3/h16,18H,5-13H2,1-4H3/t16-/m0/s1. The molecule has 0 heterocycles. The van der Waals surface area contributed by atoms with Gasteiger partial charge in [-0.2, -0.15) is 0 Å². The number of aliphatic hydroxyl groups excluding tert-OH is 1. The highest BCUT2D eigenvalue weighted by Crippen LogP contribution is 2.29. The van der Waals surface area contributed by atoms with E-state index in [-0.39, 0.29) is 5.41 Å². The zero-order chi connectivity index (χ0) is 13.9. The van der Waals surface area contributed by atoms with Crippen LogP contribution in [0.1, 0.15) is 85.5 Å². The maximum atomic E-state index is 10.1. The number of hydrogen-bond donors (Lipinski definition) is 1. The Hall–Kier alpha value is -0.480. The van der Waals surface area contributed by atoms with E-state index in [2.05, 4.69) is 39.5 Å². The first kappa shape index (κ1) is 17.5. The summed E-state index contributed by atoms with van der Waals surface area (Å²) in [4.78, 5) is 0. The number of aliphatic hydroxyl groups is 1. The summed E-state index contributed by atoms with van der Waals surface area (Å²) in [6, 6.07) is 0. The van der Waals surface area contributed by atoms with Gasteiger partial charge in [0, 0.05) is 11.8 Å². The molecule has 0 saturated carbocycles. The molecular weight excluding hydrogens is 220 g/mol. The van der Waals surface area contributed by atoms with Crippen LogP contribution in [0.2, 0.25) is 0 Å². The molecule has 1 atom stereocenters. The summed E-state index contributed by atoms with van der Waals surface area (Å²) in [5, 5.41) is 10.1. The highest BCUT2D eigenvalue weighted by Gasteiger charge is 2.27. The van der Waals surface area contributed by atoms with E-state index < -0.39 is 6.10 Å². The van der Waals surface area contributed by atoms with E-state index in [1.165, 1.54) is 38.5 Å². The zero-order valence-corrected chi connectivity index (χ0v) is 12.9. The molecule has 1 heteroatoms. The Labute approximate surface area is 114 Å². The smallest absolute Gasteiger partial charge is 0.120 e. The molecule has 0 aromatic rings. The third-order valence-corrected chi connectivity index (χ3v) is 4.17. The van der Waals surface area contributed by atoms with Crippen LogP contribution in [0.4, 0.5) is 0 Å². The molecule has 0 bridgehead atoms. The topological polar surface area (TPSA) is 20.2 Å². The van der Waals surface area contributed by atoms with Crippen molar-refractivity contribution in [2.45, 2.75) is 91.6 Å². The van der Waals surface area contributed by atoms with Gasteiger partial charge in [-0.1, -0.05) is 65.7 Å². The normalized spacial score (nSPS) is 12.9. The minimum absolute atomic E-state index is 0.0336. The molecule has 18 heavy (non-hydrogen) atoms. The van der Waals surface area contributed by atoms with Crippen molar-refractivity contribution >= 4 is 0 Å². The van der Waals surface area contributed by atoms with Gasteiger partial charge in [0.1, 0.15) is 6.10 Å². The molecule has 0 radical (unpaired) electrons. The quantitative estimate of drug-likeness (QED) is 0.456. The summed E-state index contributed by atoms with van der Waals surface area (Å²) in [5.41, 5.74) is -0.0336. The first-order valence-electron chi connectivity index (χ1n) is 7.77. The molecular formula is C17H32O. The maximum absolute atomic E-state index is 10.1. The molecule has 0 aliphatic carbocycles. The summed E-state index contributed by atoms with van der Waals surface area (Å²) in [5.74, 6) is 6.18. The Bertz CT molecular complexity index is 242. The lowest BCUT2D eigenvalue weighted by molar-refractivity contribution is 0.0766. The van der Waals surface area contributed by atoms with Crippen LogP contribution in [0.25, 0.3) is 0 Å². The molecule has 106 valence electrons. The van der Waals surface area contributed by atoms with Crippen molar-refractivity contribution in [2.24, 2.45) is 5.41 Å². The molecule has 1 N–H and O–H groups in total. The molecule has 0 amide bonds. The minimum atomic E-state index is -0.465. The SMILES string of the molecule is CCCCCCCCC#C[C@H](O)C(C)(CC)CC. The predicted octanol–water partition coefficient (Wildman–Crippen LogP) is 4.93. The highest BCUT2D eigenvalue weighted by molar-refractivity contribution is 5.09. The van der Waals surface area contributed by atoms with Gasteiger partial charge in [0.15, 0.2) is 0 Å². The molecule has 1 nitrogen and oxygen atoms in total. The largest absolute Gasteiger partial charge is 0.380 e. The first-order chi connectivity index (χ1) is 8.60. The fourth-order valence-electron chi connectivity index (χ4n) is 1.97. The van der Waals surface area contributed by atoms with Gasteiger partial charge >= 0.3 is 0 Å². The van der Waals surface area contributed by atoms with Crippen LogP contribution < -0.4 is 0 Å². The van der Waals surface area contributed by atoms with Crippen molar-refractivity contribution < 1.29 is 5.11 Å². The summed E-state index contributed by atoms with van der Waals surface area (Å²) >= 11 is 0. The molecule has 0 saturated heterocycles. The van der Waals surface area contributed by atoms with Crippen molar-refractivity contribution in [1.82, 2.24) is 0 Å². The molecule has 0 spiro atoms. The molecule has 0 unspecified atom stereocenters. The van der Waals surface area contributed by atoms with Crippen LogP contribution in [-0.4, -0.2) is 11.2 Å². The van der Waals surface area contributed by atoms with E-state index in [9.17, 15) is 5.11 Å². The van der Waals surface area contributed by atoms with Gasteiger partial charge in [0.25, 0.3) is 0 Å². The van der Waals surface area contributed by atoms with Gasteiger partial charge in [-0.3, -0.25) is 0 Å². The van der Waals surface area contributed by atoms with Gasteiger partial charge in [-0.05, 0) is 19.3 Å². The lowest BCUT2D eigenvalue weighted by Crippen LogP contribution is -2.29. The Morgan fingerprint density at radius 2 is 1.50 bits per heavy atom. The van der Waals surface area contributed by atoms with Crippen molar-refractivity contribution in [3.8, 4) is 11.8 Å². The predicted molar refractivity (Wildman–Crippen MR) is 80.5 cm³/mol. The molecule has 0 fully saturated rings.